The Morgan fingerprint density at radius 3 is 2.19 bits per heavy atom. The Morgan fingerprint density at radius 2 is 1.71 bits per heavy atom. The fourth-order valence-electron chi connectivity index (χ4n) is 2.66. The number of esters is 2. The smallest absolute Gasteiger partial charge is 0.372 e. The van der Waals surface area contributed by atoms with Crippen molar-refractivity contribution in [3.8, 4) is 0 Å². The van der Waals surface area contributed by atoms with Gasteiger partial charge < -0.3 is 29.6 Å². The highest BCUT2D eigenvalue weighted by Gasteiger charge is 2.52. The Kier molecular flexibility index (Phi) is 7.80. The van der Waals surface area contributed by atoms with Crippen LogP contribution in [0.2, 0.25) is 0 Å². The molecule has 1 heterocycles. The molecule has 166 valence electrons. The van der Waals surface area contributed by atoms with E-state index in [1.54, 1.807) is 24.3 Å². The molecule has 2 rings (SSSR count). The van der Waals surface area contributed by atoms with Gasteiger partial charge in [-0.05, 0) is 24.3 Å². The molecule has 12 heteroatoms. The van der Waals surface area contributed by atoms with Crippen LogP contribution in [0, 0.1) is 10.1 Å². The number of hydrogen-bond donors (Lipinski definition) is 2. The third kappa shape index (κ3) is 5.22. The van der Waals surface area contributed by atoms with Crippen molar-refractivity contribution in [1.29, 1.82) is 0 Å². The summed E-state index contributed by atoms with van der Waals surface area (Å²) in [5, 5.41) is 13.5. The zero-order chi connectivity index (χ0) is 23.0. The molecule has 2 aromatic rings. The van der Waals surface area contributed by atoms with Crippen molar-refractivity contribution >= 4 is 23.7 Å². The lowest BCUT2D eigenvalue weighted by atomic mass is 10.1. The molecule has 0 unspecified atom stereocenters. The number of ether oxygens (including phenoxy) is 3. The van der Waals surface area contributed by atoms with E-state index >= 15 is 0 Å². The minimum atomic E-state index is -2.66. The summed E-state index contributed by atoms with van der Waals surface area (Å²) in [5.41, 5.74) is -2.50. The molecule has 0 fully saturated rings. The normalized spacial score (nSPS) is 10.9. The molecule has 12 nitrogen and oxygen atoms in total. The van der Waals surface area contributed by atoms with Gasteiger partial charge in [0, 0.05) is 7.11 Å². The van der Waals surface area contributed by atoms with Crippen molar-refractivity contribution in [3.63, 3.8) is 0 Å². The van der Waals surface area contributed by atoms with Crippen molar-refractivity contribution < 1.29 is 33.5 Å². The summed E-state index contributed by atoms with van der Waals surface area (Å²) >= 11 is 0. The lowest BCUT2D eigenvalue weighted by Gasteiger charge is -2.27. The molecule has 0 aliphatic rings. The summed E-state index contributed by atoms with van der Waals surface area (Å²) < 4.78 is 14.6. The number of aromatic amines is 1. The van der Waals surface area contributed by atoms with Crippen LogP contribution in [0.4, 0.5) is 5.82 Å². The van der Waals surface area contributed by atoms with Gasteiger partial charge in [0.2, 0.25) is 5.69 Å². The zero-order valence-corrected chi connectivity index (χ0v) is 17.2. The Labute approximate surface area is 177 Å². The van der Waals surface area contributed by atoms with E-state index in [2.05, 4.69) is 9.97 Å². The quantitative estimate of drug-likeness (QED) is 0.183. The second-order valence-electron chi connectivity index (χ2n) is 6.08. The number of hydrogen-bond acceptors (Lipinski definition) is 9. The van der Waals surface area contributed by atoms with E-state index in [4.69, 9.17) is 14.2 Å². The maximum Gasteiger partial charge on any atom is 0.372 e. The van der Waals surface area contributed by atoms with E-state index in [9.17, 15) is 24.5 Å². The average molecular weight is 434 g/mol. The first kappa shape index (κ1) is 23.5. The standard InChI is InChI=1S/C19H22N4O8/c1-4-30-17(25)19(29-3,18(26)31-5-2)22-16(24)14-15(23(27)28)21-13(20-14)11-12-9-7-6-8-10-12/h6-10H,4-5,11H2,1-3H3,(H,20,21)(H,22,24). The Hall–Kier alpha value is -3.80. The van der Waals surface area contributed by atoms with Crippen LogP contribution in [0.3, 0.4) is 0 Å². The summed E-state index contributed by atoms with van der Waals surface area (Å²) in [7, 11) is 0.980. The molecule has 0 atom stereocenters. The topological polar surface area (TPSA) is 163 Å². The Morgan fingerprint density at radius 1 is 1.13 bits per heavy atom. The van der Waals surface area contributed by atoms with Gasteiger partial charge in [0.05, 0.1) is 19.6 Å². The van der Waals surface area contributed by atoms with Gasteiger partial charge in [-0.2, -0.15) is 4.98 Å². The van der Waals surface area contributed by atoms with Crippen LogP contribution in [0.1, 0.15) is 35.7 Å². The number of imidazole rings is 1. The molecular formula is C19H22N4O8. The second-order valence-corrected chi connectivity index (χ2v) is 6.08. The van der Waals surface area contributed by atoms with Crippen LogP contribution in [0.15, 0.2) is 30.3 Å². The number of carbonyl (C=O) groups excluding carboxylic acids is 3. The molecule has 0 saturated carbocycles. The number of carbonyl (C=O) groups is 3. The van der Waals surface area contributed by atoms with Crippen molar-refractivity contribution in [2.75, 3.05) is 20.3 Å². The summed E-state index contributed by atoms with van der Waals surface area (Å²) in [6, 6.07) is 8.94. The van der Waals surface area contributed by atoms with Gasteiger partial charge in [-0.15, -0.1) is 0 Å². The first-order valence-corrected chi connectivity index (χ1v) is 9.28. The number of aromatic nitrogens is 2. The molecule has 1 aromatic carbocycles. The van der Waals surface area contributed by atoms with Crippen LogP contribution >= 0.6 is 0 Å². The monoisotopic (exact) mass is 434 g/mol. The van der Waals surface area contributed by atoms with E-state index in [0.29, 0.717) is 0 Å². The van der Waals surface area contributed by atoms with Crippen LogP contribution in [0.5, 0.6) is 0 Å². The van der Waals surface area contributed by atoms with Crippen molar-refractivity contribution in [1.82, 2.24) is 15.3 Å². The van der Waals surface area contributed by atoms with Gasteiger partial charge >= 0.3 is 23.5 Å². The Balaban J connectivity index is 2.41. The molecule has 2 N–H and O–H groups in total. The van der Waals surface area contributed by atoms with E-state index in [1.807, 2.05) is 11.4 Å². The number of benzene rings is 1. The number of nitro groups is 1. The minimum absolute atomic E-state index is 0.122. The van der Waals surface area contributed by atoms with Crippen LogP contribution in [-0.2, 0) is 30.2 Å². The van der Waals surface area contributed by atoms with Gasteiger partial charge in [-0.3, -0.25) is 4.79 Å². The fraction of sp³-hybridized carbons (Fsp3) is 0.368. The van der Waals surface area contributed by atoms with Gasteiger partial charge in [-0.25, -0.2) is 14.6 Å². The third-order valence-electron chi connectivity index (χ3n) is 4.07. The molecule has 0 spiro atoms. The molecule has 1 amide bonds. The molecule has 0 saturated heterocycles. The van der Waals surface area contributed by atoms with E-state index < -0.39 is 40.0 Å². The molecule has 0 aliphatic heterocycles. The Bertz CT molecular complexity index is 939. The number of amides is 1. The van der Waals surface area contributed by atoms with Crippen LogP contribution in [0.25, 0.3) is 0 Å². The highest BCUT2D eigenvalue weighted by Crippen LogP contribution is 2.20. The molecule has 31 heavy (non-hydrogen) atoms. The summed E-state index contributed by atoms with van der Waals surface area (Å²) in [6.45, 7) is 2.73. The fourth-order valence-corrected chi connectivity index (χ4v) is 2.66. The number of rotatable bonds is 10. The number of nitrogens with one attached hydrogen (secondary N) is 2. The molecular weight excluding hydrogens is 412 g/mol. The predicted molar refractivity (Wildman–Crippen MR) is 105 cm³/mol. The molecule has 0 aliphatic carbocycles. The lowest BCUT2D eigenvalue weighted by molar-refractivity contribution is -0.389. The maximum absolute atomic E-state index is 12.8. The van der Waals surface area contributed by atoms with E-state index in [1.165, 1.54) is 13.8 Å². The summed E-state index contributed by atoms with van der Waals surface area (Å²) in [6.07, 6.45) is 0.181. The highest BCUT2D eigenvalue weighted by atomic mass is 16.6. The molecule has 1 aromatic heterocycles. The zero-order valence-electron chi connectivity index (χ0n) is 17.2. The number of methoxy groups -OCH3 is 1. The van der Waals surface area contributed by atoms with Crippen molar-refractivity contribution in [3.05, 3.63) is 57.5 Å². The largest absolute Gasteiger partial charge is 0.462 e. The second kappa shape index (κ2) is 10.3. The third-order valence-corrected chi connectivity index (χ3v) is 4.07. The van der Waals surface area contributed by atoms with Crippen LogP contribution in [-0.4, -0.2) is 58.8 Å². The van der Waals surface area contributed by atoms with Gasteiger partial charge in [0.15, 0.2) is 5.82 Å². The van der Waals surface area contributed by atoms with Gasteiger partial charge in [0.25, 0.3) is 5.91 Å². The highest BCUT2D eigenvalue weighted by molar-refractivity contribution is 6.09. The predicted octanol–water partition coefficient (Wildman–Crippen LogP) is 1.11. The van der Waals surface area contributed by atoms with E-state index in [-0.39, 0.29) is 25.5 Å². The number of nitrogens with zero attached hydrogens (tertiary/aromatic N) is 2. The minimum Gasteiger partial charge on any atom is -0.462 e. The average Bonchev–Trinajstić information content (AvgIpc) is 3.17. The number of H-pyrrole nitrogens is 1. The first-order valence-electron chi connectivity index (χ1n) is 9.28. The SMILES string of the molecule is CCOC(=O)C(NC(=O)c1nc(Cc2ccccc2)[nH]c1[N+](=O)[O-])(OC)C(=O)OCC. The summed E-state index contributed by atoms with van der Waals surface area (Å²) in [5.74, 6) is -4.26. The van der Waals surface area contributed by atoms with Gasteiger partial charge in [0.1, 0.15) is 0 Å². The van der Waals surface area contributed by atoms with Crippen LogP contribution < -0.4 is 5.32 Å². The summed E-state index contributed by atoms with van der Waals surface area (Å²) in [4.78, 5) is 54.7. The van der Waals surface area contributed by atoms with Gasteiger partial charge in [-0.1, -0.05) is 30.3 Å². The molecule has 0 bridgehead atoms. The lowest BCUT2D eigenvalue weighted by Crippen LogP contribution is -2.62. The maximum atomic E-state index is 12.8. The van der Waals surface area contributed by atoms with E-state index in [0.717, 1.165) is 12.7 Å². The first-order chi connectivity index (χ1) is 14.8. The van der Waals surface area contributed by atoms with Crippen molar-refractivity contribution in [2.45, 2.75) is 26.0 Å². The van der Waals surface area contributed by atoms with Crippen molar-refractivity contribution in [2.24, 2.45) is 0 Å². The molecule has 0 radical (unpaired) electrons.